The Kier molecular flexibility index (Phi) is 4.01. The van der Waals surface area contributed by atoms with Crippen LogP contribution in [0.15, 0.2) is 18.2 Å². The van der Waals surface area contributed by atoms with E-state index in [0.717, 1.165) is 41.0 Å². The summed E-state index contributed by atoms with van der Waals surface area (Å²) in [5, 5.41) is 11.7. The summed E-state index contributed by atoms with van der Waals surface area (Å²) in [5.74, 6) is 1.42. The molecule has 8 heteroatoms. The van der Waals surface area contributed by atoms with Gasteiger partial charge in [-0.2, -0.15) is 0 Å². The van der Waals surface area contributed by atoms with Crippen LogP contribution in [0.3, 0.4) is 0 Å². The highest BCUT2D eigenvalue weighted by atomic mass is 16.5. The van der Waals surface area contributed by atoms with E-state index in [1.54, 1.807) is 7.11 Å². The molecule has 0 spiro atoms. The van der Waals surface area contributed by atoms with Crippen molar-refractivity contribution < 1.29 is 9.47 Å². The van der Waals surface area contributed by atoms with Crippen molar-refractivity contribution in [3.63, 3.8) is 0 Å². The van der Waals surface area contributed by atoms with Gasteiger partial charge in [0.2, 0.25) is 5.95 Å². The predicted octanol–water partition coefficient (Wildman–Crippen LogP) is 1.39. The average Bonchev–Trinajstić information content (AvgIpc) is 3.01. The first-order valence-electron chi connectivity index (χ1n) is 7.99. The minimum absolute atomic E-state index is 0.373. The van der Waals surface area contributed by atoms with Gasteiger partial charge in [-0.1, -0.05) is 11.6 Å². The number of anilines is 1. The zero-order valence-corrected chi connectivity index (χ0v) is 13.8. The number of methoxy groups -OCH3 is 1. The summed E-state index contributed by atoms with van der Waals surface area (Å²) in [6.07, 6.45) is 0. The Balaban J connectivity index is 1.87. The van der Waals surface area contributed by atoms with E-state index in [0.29, 0.717) is 25.8 Å². The van der Waals surface area contributed by atoms with E-state index in [-0.39, 0.29) is 0 Å². The molecule has 0 radical (unpaired) electrons. The molecule has 24 heavy (non-hydrogen) atoms. The monoisotopic (exact) mass is 328 g/mol. The van der Waals surface area contributed by atoms with Crippen LogP contribution in [0.4, 0.5) is 5.95 Å². The number of hydrazine groups is 1. The molecule has 1 aliphatic heterocycles. The van der Waals surface area contributed by atoms with E-state index >= 15 is 0 Å². The fourth-order valence-electron chi connectivity index (χ4n) is 2.92. The summed E-state index contributed by atoms with van der Waals surface area (Å²) in [7, 11) is 1.65. The lowest BCUT2D eigenvalue weighted by Crippen LogP contribution is -2.41. The Morgan fingerprint density at radius 1 is 1.25 bits per heavy atom. The number of aryl methyl sites for hydroxylation is 1. The van der Waals surface area contributed by atoms with Crippen LogP contribution >= 0.6 is 0 Å². The zero-order valence-electron chi connectivity index (χ0n) is 13.8. The molecule has 1 aliphatic rings. The maximum atomic E-state index is 5.40. The Morgan fingerprint density at radius 2 is 2.08 bits per heavy atom. The van der Waals surface area contributed by atoms with Crippen LogP contribution in [0.1, 0.15) is 11.4 Å². The van der Waals surface area contributed by atoms with Crippen molar-refractivity contribution >= 4 is 22.5 Å². The first-order valence-corrected chi connectivity index (χ1v) is 7.99. The molecule has 1 saturated heterocycles. The molecule has 0 bridgehead atoms. The number of fused-ring (bicyclic) bond motifs is 3. The molecule has 8 nitrogen and oxygen atoms in total. The van der Waals surface area contributed by atoms with Crippen LogP contribution < -0.4 is 5.43 Å². The lowest BCUT2D eigenvalue weighted by Gasteiger charge is -2.27. The number of nitrogens with one attached hydrogen (secondary N) is 1. The highest BCUT2D eigenvalue weighted by molar-refractivity contribution is 5.92. The van der Waals surface area contributed by atoms with Crippen molar-refractivity contribution in [2.45, 2.75) is 13.5 Å². The second kappa shape index (κ2) is 6.31. The predicted molar refractivity (Wildman–Crippen MR) is 89.8 cm³/mol. The third-order valence-electron chi connectivity index (χ3n) is 4.10. The first-order chi connectivity index (χ1) is 11.8. The Hall–Kier alpha value is -2.29. The van der Waals surface area contributed by atoms with Crippen LogP contribution in [0.25, 0.3) is 16.6 Å². The molecule has 0 aliphatic carbocycles. The summed E-state index contributed by atoms with van der Waals surface area (Å²) >= 11 is 0. The minimum atomic E-state index is 0.373. The van der Waals surface area contributed by atoms with Gasteiger partial charge < -0.3 is 9.47 Å². The molecule has 0 unspecified atom stereocenters. The lowest BCUT2D eigenvalue weighted by molar-refractivity contribution is 0.0492. The van der Waals surface area contributed by atoms with Gasteiger partial charge in [-0.3, -0.25) is 5.43 Å². The van der Waals surface area contributed by atoms with Crippen LogP contribution in [0.5, 0.6) is 0 Å². The number of rotatable bonds is 4. The van der Waals surface area contributed by atoms with Gasteiger partial charge in [0.1, 0.15) is 6.61 Å². The fourth-order valence-corrected chi connectivity index (χ4v) is 2.92. The topological polar surface area (TPSA) is 76.8 Å². The van der Waals surface area contributed by atoms with E-state index < -0.39 is 0 Å². The number of hydrogen-bond donors (Lipinski definition) is 1. The van der Waals surface area contributed by atoms with Gasteiger partial charge in [0.15, 0.2) is 11.5 Å². The molecule has 3 aromatic rings. The summed E-state index contributed by atoms with van der Waals surface area (Å²) in [6, 6.07) is 6.15. The summed E-state index contributed by atoms with van der Waals surface area (Å²) in [4.78, 5) is 4.79. The van der Waals surface area contributed by atoms with Crippen LogP contribution in [-0.2, 0) is 16.1 Å². The van der Waals surface area contributed by atoms with Crippen LogP contribution in [0.2, 0.25) is 0 Å². The van der Waals surface area contributed by atoms with Crippen molar-refractivity contribution in [1.29, 1.82) is 0 Å². The van der Waals surface area contributed by atoms with Crippen molar-refractivity contribution in [1.82, 2.24) is 24.6 Å². The number of nitrogens with zero attached hydrogens (tertiary/aromatic N) is 5. The lowest BCUT2D eigenvalue weighted by atomic mass is 10.1. The van der Waals surface area contributed by atoms with E-state index in [9.17, 15) is 0 Å². The molecule has 0 atom stereocenters. The van der Waals surface area contributed by atoms with E-state index in [1.165, 1.54) is 0 Å². The van der Waals surface area contributed by atoms with Crippen molar-refractivity contribution in [3.8, 4) is 0 Å². The normalized spacial score (nSPS) is 16.1. The van der Waals surface area contributed by atoms with Gasteiger partial charge in [0.05, 0.1) is 18.7 Å². The standard InChI is InChI=1S/C16H20N6O2/c1-11-3-4-13-12(9-11)15-19-18-14(10-23-2)22(15)16(17-13)20-21-5-7-24-8-6-21/h3-4,9H,5-8,10H2,1-2H3,(H,17,20). The van der Waals surface area contributed by atoms with Gasteiger partial charge in [-0.25, -0.2) is 14.4 Å². The maximum absolute atomic E-state index is 5.40. The van der Waals surface area contributed by atoms with E-state index in [1.807, 2.05) is 10.5 Å². The van der Waals surface area contributed by atoms with Gasteiger partial charge in [-0.05, 0) is 19.1 Å². The molecule has 3 heterocycles. The van der Waals surface area contributed by atoms with Crippen molar-refractivity contribution in [3.05, 3.63) is 29.6 Å². The fraction of sp³-hybridized carbons (Fsp3) is 0.438. The molecule has 1 fully saturated rings. The molecular weight excluding hydrogens is 308 g/mol. The molecule has 4 rings (SSSR count). The SMILES string of the molecule is COCc1nnc2c3cc(C)ccc3nc(NN3CCOCC3)n12. The van der Waals surface area contributed by atoms with Crippen LogP contribution in [-0.4, -0.2) is 58.0 Å². The molecular formula is C16H20N6O2. The van der Waals surface area contributed by atoms with E-state index in [2.05, 4.69) is 39.7 Å². The Labute approximate surface area is 139 Å². The third kappa shape index (κ3) is 2.68. The number of hydrogen-bond acceptors (Lipinski definition) is 7. The number of ether oxygens (including phenoxy) is 2. The zero-order chi connectivity index (χ0) is 16.5. The van der Waals surface area contributed by atoms with Crippen LogP contribution in [0, 0.1) is 6.92 Å². The number of morpholine rings is 1. The van der Waals surface area contributed by atoms with Gasteiger partial charge >= 0.3 is 0 Å². The summed E-state index contributed by atoms with van der Waals surface area (Å²) in [6.45, 7) is 5.44. The average molecular weight is 328 g/mol. The highest BCUT2D eigenvalue weighted by Crippen LogP contribution is 2.23. The van der Waals surface area contributed by atoms with Gasteiger partial charge in [0.25, 0.3) is 0 Å². The first kappa shape index (κ1) is 15.3. The van der Waals surface area contributed by atoms with Crippen molar-refractivity contribution in [2.24, 2.45) is 0 Å². The smallest absolute Gasteiger partial charge is 0.225 e. The molecule has 0 saturated carbocycles. The van der Waals surface area contributed by atoms with E-state index in [4.69, 9.17) is 14.5 Å². The van der Waals surface area contributed by atoms with Crippen molar-refractivity contribution in [2.75, 3.05) is 38.8 Å². The molecule has 0 amide bonds. The highest BCUT2D eigenvalue weighted by Gasteiger charge is 2.18. The minimum Gasteiger partial charge on any atom is -0.379 e. The molecule has 1 N–H and O–H groups in total. The quantitative estimate of drug-likeness (QED) is 0.775. The second-order valence-corrected chi connectivity index (χ2v) is 5.88. The Morgan fingerprint density at radius 3 is 2.88 bits per heavy atom. The summed E-state index contributed by atoms with van der Waals surface area (Å²) in [5.41, 5.74) is 6.22. The molecule has 126 valence electrons. The maximum Gasteiger partial charge on any atom is 0.225 e. The summed E-state index contributed by atoms with van der Waals surface area (Å²) < 4.78 is 12.6. The number of aromatic nitrogens is 4. The number of benzene rings is 1. The third-order valence-corrected chi connectivity index (χ3v) is 4.10. The molecule has 2 aromatic heterocycles. The molecule has 1 aromatic carbocycles. The Bertz CT molecular complexity index is 872. The second-order valence-electron chi connectivity index (χ2n) is 5.88. The largest absolute Gasteiger partial charge is 0.379 e. The van der Waals surface area contributed by atoms with Gasteiger partial charge in [-0.15, -0.1) is 10.2 Å². The van der Waals surface area contributed by atoms with Gasteiger partial charge in [0, 0.05) is 25.6 Å².